The highest BCUT2D eigenvalue weighted by Crippen LogP contribution is 2.15. The molecule has 118 valence electrons. The van der Waals surface area contributed by atoms with Crippen LogP contribution in [0.1, 0.15) is 46.5 Å². The molecule has 0 spiro atoms. The highest BCUT2D eigenvalue weighted by atomic mass is 16.5. The van der Waals surface area contributed by atoms with Gasteiger partial charge in [0.2, 0.25) is 5.91 Å². The van der Waals surface area contributed by atoms with Crippen LogP contribution in [0.5, 0.6) is 0 Å². The fourth-order valence-corrected chi connectivity index (χ4v) is 2.73. The van der Waals surface area contributed by atoms with Gasteiger partial charge in [-0.1, -0.05) is 13.8 Å². The maximum absolute atomic E-state index is 11.5. The molecule has 1 aliphatic rings. The van der Waals surface area contributed by atoms with E-state index >= 15 is 0 Å². The fraction of sp³-hybridized carbons (Fsp3) is 0.933. The zero-order valence-electron chi connectivity index (χ0n) is 13.3. The van der Waals surface area contributed by atoms with E-state index in [0.717, 1.165) is 58.5 Å². The Morgan fingerprint density at radius 2 is 2.20 bits per heavy atom. The summed E-state index contributed by atoms with van der Waals surface area (Å²) in [5.41, 5.74) is 4.93. The third kappa shape index (κ3) is 5.38. The van der Waals surface area contributed by atoms with Gasteiger partial charge in [-0.25, -0.2) is 0 Å². The minimum absolute atomic E-state index is 0.253. The minimum Gasteiger partial charge on any atom is -0.376 e. The lowest BCUT2D eigenvalue weighted by atomic mass is 9.94. The van der Waals surface area contributed by atoms with E-state index in [1.54, 1.807) is 0 Å². The molecule has 0 aromatic rings. The largest absolute Gasteiger partial charge is 0.376 e. The lowest BCUT2D eigenvalue weighted by Crippen LogP contribution is -2.53. The first-order valence-electron chi connectivity index (χ1n) is 7.90. The van der Waals surface area contributed by atoms with Crippen LogP contribution in [0.2, 0.25) is 0 Å². The Balaban J connectivity index is 2.24. The number of morpholine rings is 1. The van der Waals surface area contributed by atoms with Crippen molar-refractivity contribution in [1.29, 1.82) is 0 Å². The second-order valence-electron chi connectivity index (χ2n) is 5.89. The van der Waals surface area contributed by atoms with E-state index in [1.807, 2.05) is 13.8 Å². The highest BCUT2D eigenvalue weighted by molar-refractivity contribution is 5.84. The second-order valence-corrected chi connectivity index (χ2v) is 5.89. The SMILES string of the molecule is CCNC(C)(CCCCN1CCOC(CC)C1)C(N)=O. The number of ether oxygens (including phenoxy) is 1. The number of unbranched alkanes of at least 4 members (excludes halogenated alkanes) is 1. The van der Waals surface area contributed by atoms with Crippen molar-refractivity contribution in [2.75, 3.05) is 32.8 Å². The molecule has 1 rings (SSSR count). The predicted molar refractivity (Wildman–Crippen MR) is 81.6 cm³/mol. The standard InChI is InChI=1S/C15H31N3O2/c1-4-13-12-18(10-11-20-13)9-7-6-8-15(3,14(16)19)17-5-2/h13,17H,4-12H2,1-3H3,(H2,16,19). The monoisotopic (exact) mass is 285 g/mol. The Kier molecular flexibility index (Phi) is 7.48. The van der Waals surface area contributed by atoms with Crippen molar-refractivity contribution >= 4 is 5.91 Å². The molecule has 0 aromatic heterocycles. The first kappa shape index (κ1) is 17.4. The number of rotatable bonds is 9. The van der Waals surface area contributed by atoms with Gasteiger partial charge in [0, 0.05) is 13.1 Å². The molecule has 5 heteroatoms. The van der Waals surface area contributed by atoms with Crippen molar-refractivity contribution in [2.45, 2.75) is 58.1 Å². The van der Waals surface area contributed by atoms with Gasteiger partial charge in [0.1, 0.15) is 0 Å². The molecule has 0 radical (unpaired) electrons. The van der Waals surface area contributed by atoms with Gasteiger partial charge in [-0.2, -0.15) is 0 Å². The summed E-state index contributed by atoms with van der Waals surface area (Å²) in [6, 6.07) is 0. The number of hydrogen-bond acceptors (Lipinski definition) is 4. The van der Waals surface area contributed by atoms with Crippen LogP contribution in [0.15, 0.2) is 0 Å². The number of likely N-dealkylation sites (N-methyl/N-ethyl adjacent to an activating group) is 1. The molecule has 1 fully saturated rings. The fourth-order valence-electron chi connectivity index (χ4n) is 2.73. The molecule has 0 saturated carbocycles. The number of nitrogens with zero attached hydrogens (tertiary/aromatic N) is 1. The zero-order chi connectivity index (χ0) is 15.0. The van der Waals surface area contributed by atoms with Crippen LogP contribution in [-0.4, -0.2) is 55.2 Å². The quantitative estimate of drug-likeness (QED) is 0.623. The third-order valence-corrected chi connectivity index (χ3v) is 4.19. The molecule has 20 heavy (non-hydrogen) atoms. The van der Waals surface area contributed by atoms with Crippen LogP contribution in [0.4, 0.5) is 0 Å². The summed E-state index contributed by atoms with van der Waals surface area (Å²) in [5.74, 6) is -0.253. The number of amides is 1. The van der Waals surface area contributed by atoms with Gasteiger partial charge < -0.3 is 15.8 Å². The molecule has 1 heterocycles. The number of nitrogens with two attached hydrogens (primary N) is 1. The Morgan fingerprint density at radius 1 is 1.45 bits per heavy atom. The molecule has 0 aromatic carbocycles. The van der Waals surface area contributed by atoms with Gasteiger partial charge in [0.25, 0.3) is 0 Å². The Hall–Kier alpha value is -0.650. The average Bonchev–Trinajstić information content (AvgIpc) is 2.44. The van der Waals surface area contributed by atoms with Crippen molar-refractivity contribution in [3.8, 4) is 0 Å². The van der Waals surface area contributed by atoms with Crippen molar-refractivity contribution in [1.82, 2.24) is 10.2 Å². The number of primary amides is 1. The van der Waals surface area contributed by atoms with Gasteiger partial charge >= 0.3 is 0 Å². The van der Waals surface area contributed by atoms with Crippen LogP contribution in [0.25, 0.3) is 0 Å². The molecule has 0 aliphatic carbocycles. The maximum Gasteiger partial charge on any atom is 0.237 e. The average molecular weight is 285 g/mol. The lowest BCUT2D eigenvalue weighted by Gasteiger charge is -2.33. The number of hydrogen-bond donors (Lipinski definition) is 2. The second kappa shape index (κ2) is 8.60. The summed E-state index contributed by atoms with van der Waals surface area (Å²) < 4.78 is 5.67. The van der Waals surface area contributed by atoms with Gasteiger partial charge in [-0.05, 0) is 45.7 Å². The first-order valence-corrected chi connectivity index (χ1v) is 7.90. The van der Waals surface area contributed by atoms with Crippen LogP contribution in [0, 0.1) is 0 Å². The van der Waals surface area contributed by atoms with Crippen LogP contribution < -0.4 is 11.1 Å². The Bertz CT molecular complexity index is 299. The summed E-state index contributed by atoms with van der Waals surface area (Å²) >= 11 is 0. The molecule has 2 atom stereocenters. The molecule has 1 aliphatic heterocycles. The predicted octanol–water partition coefficient (Wildman–Crippen LogP) is 1.12. The van der Waals surface area contributed by atoms with Crippen molar-refractivity contribution in [2.24, 2.45) is 5.73 Å². The Labute approximate surface area is 123 Å². The smallest absolute Gasteiger partial charge is 0.237 e. The number of nitrogens with one attached hydrogen (secondary N) is 1. The molecule has 5 nitrogen and oxygen atoms in total. The van der Waals surface area contributed by atoms with Crippen molar-refractivity contribution in [3.05, 3.63) is 0 Å². The summed E-state index contributed by atoms with van der Waals surface area (Å²) in [5, 5.41) is 3.20. The maximum atomic E-state index is 11.5. The van der Waals surface area contributed by atoms with E-state index in [1.165, 1.54) is 0 Å². The normalized spacial score (nSPS) is 23.4. The van der Waals surface area contributed by atoms with E-state index in [4.69, 9.17) is 10.5 Å². The molecule has 0 bridgehead atoms. The molecule has 3 N–H and O–H groups in total. The lowest BCUT2D eigenvalue weighted by molar-refractivity contribution is -0.124. The molecule has 1 amide bonds. The number of carbonyl (C=O) groups excluding carboxylic acids is 1. The van der Waals surface area contributed by atoms with Crippen LogP contribution in [0.3, 0.4) is 0 Å². The molecule has 1 saturated heterocycles. The summed E-state index contributed by atoms with van der Waals surface area (Å²) in [7, 11) is 0. The Morgan fingerprint density at radius 3 is 2.80 bits per heavy atom. The van der Waals surface area contributed by atoms with Crippen molar-refractivity contribution < 1.29 is 9.53 Å². The van der Waals surface area contributed by atoms with Gasteiger partial charge in [0.05, 0.1) is 18.2 Å². The topological polar surface area (TPSA) is 67.6 Å². The molecule has 2 unspecified atom stereocenters. The minimum atomic E-state index is -0.564. The summed E-state index contributed by atoms with van der Waals surface area (Å²) in [6.45, 7) is 10.8. The molecular weight excluding hydrogens is 254 g/mol. The van der Waals surface area contributed by atoms with Crippen molar-refractivity contribution in [3.63, 3.8) is 0 Å². The number of carbonyl (C=O) groups is 1. The van der Waals surface area contributed by atoms with Crippen LogP contribution in [-0.2, 0) is 9.53 Å². The summed E-state index contributed by atoms with van der Waals surface area (Å²) in [4.78, 5) is 14.0. The van der Waals surface area contributed by atoms with Gasteiger partial charge in [-0.3, -0.25) is 9.69 Å². The van der Waals surface area contributed by atoms with E-state index in [-0.39, 0.29) is 5.91 Å². The van der Waals surface area contributed by atoms with E-state index < -0.39 is 5.54 Å². The molecular formula is C15H31N3O2. The van der Waals surface area contributed by atoms with E-state index in [9.17, 15) is 4.79 Å². The van der Waals surface area contributed by atoms with Crippen LogP contribution >= 0.6 is 0 Å². The van der Waals surface area contributed by atoms with Gasteiger partial charge in [0.15, 0.2) is 0 Å². The zero-order valence-corrected chi connectivity index (χ0v) is 13.3. The first-order chi connectivity index (χ1) is 9.51. The highest BCUT2D eigenvalue weighted by Gasteiger charge is 2.29. The van der Waals surface area contributed by atoms with E-state index in [0.29, 0.717) is 6.10 Å². The third-order valence-electron chi connectivity index (χ3n) is 4.19. The van der Waals surface area contributed by atoms with Gasteiger partial charge in [-0.15, -0.1) is 0 Å². The summed E-state index contributed by atoms with van der Waals surface area (Å²) in [6.07, 6.45) is 4.39. The van der Waals surface area contributed by atoms with E-state index in [2.05, 4.69) is 17.1 Å².